The van der Waals surface area contributed by atoms with Crippen molar-refractivity contribution in [1.82, 2.24) is 10.2 Å². The smallest absolute Gasteiger partial charge is 0.329 e. The van der Waals surface area contributed by atoms with Crippen LogP contribution in [0.2, 0.25) is 0 Å². The maximum absolute atomic E-state index is 13.6. The molecule has 2 heterocycles. The molecule has 0 aromatic heterocycles. The third kappa shape index (κ3) is 7.53. The summed E-state index contributed by atoms with van der Waals surface area (Å²) in [7, 11) is 0. The highest BCUT2D eigenvalue weighted by molar-refractivity contribution is 5.92. The minimum absolute atomic E-state index is 0.0350. The summed E-state index contributed by atoms with van der Waals surface area (Å²) in [6, 6.07) is 7.93. The van der Waals surface area contributed by atoms with Gasteiger partial charge in [-0.3, -0.25) is 9.59 Å². The lowest BCUT2D eigenvalue weighted by atomic mass is 9.89. The Kier molecular flexibility index (Phi) is 10.3. The Hall–Kier alpha value is -2.45. The summed E-state index contributed by atoms with van der Waals surface area (Å²) in [6.45, 7) is 5.83. The topological polar surface area (TPSA) is 116 Å². The van der Waals surface area contributed by atoms with Gasteiger partial charge in [0.25, 0.3) is 0 Å². The molecule has 7 atom stereocenters. The van der Waals surface area contributed by atoms with Gasteiger partial charge in [0.1, 0.15) is 18.2 Å². The highest BCUT2D eigenvalue weighted by atomic mass is 16.5. The molecule has 0 saturated carbocycles. The predicted octanol–water partition coefficient (Wildman–Crippen LogP) is 2.59. The molecule has 0 radical (unpaired) electrons. The van der Waals surface area contributed by atoms with Crippen molar-refractivity contribution in [3.05, 3.63) is 35.9 Å². The molecule has 3 N–H and O–H groups in total. The first-order valence-corrected chi connectivity index (χ1v) is 13.4. The summed E-state index contributed by atoms with van der Waals surface area (Å²) in [6.07, 6.45) is 2.93. The fraction of sp³-hybridized carbons (Fsp3) is 0.679. The van der Waals surface area contributed by atoms with E-state index in [0.717, 1.165) is 24.8 Å². The van der Waals surface area contributed by atoms with Crippen LogP contribution in [0, 0.1) is 11.8 Å². The number of nitrogens with one attached hydrogen (secondary N) is 1. The average molecular weight is 503 g/mol. The van der Waals surface area contributed by atoms with Gasteiger partial charge in [0.15, 0.2) is 0 Å². The molecule has 0 bridgehead atoms. The van der Waals surface area contributed by atoms with E-state index in [2.05, 4.69) is 5.32 Å². The van der Waals surface area contributed by atoms with Crippen LogP contribution >= 0.6 is 0 Å². The first kappa shape index (κ1) is 28.1. The Bertz CT molecular complexity index is 876. The number of nitrogens with zero attached hydrogens (tertiary/aromatic N) is 1. The van der Waals surface area contributed by atoms with Gasteiger partial charge in [0.2, 0.25) is 11.8 Å². The van der Waals surface area contributed by atoms with Gasteiger partial charge in [-0.05, 0) is 44.1 Å². The second kappa shape index (κ2) is 13.2. The molecule has 1 aromatic rings. The first-order valence-electron chi connectivity index (χ1n) is 13.4. The van der Waals surface area contributed by atoms with Gasteiger partial charge in [-0.15, -0.1) is 0 Å². The van der Waals surface area contributed by atoms with E-state index in [-0.39, 0.29) is 30.3 Å². The lowest BCUT2D eigenvalue weighted by Crippen LogP contribution is -2.55. The Morgan fingerprint density at radius 1 is 1.11 bits per heavy atom. The van der Waals surface area contributed by atoms with Crippen LogP contribution in [-0.4, -0.2) is 69.8 Å². The number of fused-ring (bicyclic) bond motifs is 1. The van der Waals surface area contributed by atoms with E-state index in [1.54, 1.807) is 18.7 Å². The largest absolute Gasteiger partial charge is 0.460 e. The van der Waals surface area contributed by atoms with Crippen molar-refractivity contribution in [2.45, 2.75) is 103 Å². The van der Waals surface area contributed by atoms with Crippen LogP contribution in [0.1, 0.15) is 71.3 Å². The van der Waals surface area contributed by atoms with Crippen LogP contribution in [0.4, 0.5) is 0 Å². The number of esters is 1. The summed E-state index contributed by atoms with van der Waals surface area (Å²) in [4.78, 5) is 41.6. The molecule has 2 aliphatic rings. The molecule has 2 amide bonds. The predicted molar refractivity (Wildman–Crippen MR) is 136 cm³/mol. The third-order valence-corrected chi connectivity index (χ3v) is 7.60. The quantitative estimate of drug-likeness (QED) is 0.372. The number of ether oxygens (including phenoxy) is 1. The Balaban J connectivity index is 1.80. The van der Waals surface area contributed by atoms with Crippen LogP contribution in [-0.2, 0) is 25.5 Å². The molecule has 2 saturated heterocycles. The van der Waals surface area contributed by atoms with Crippen molar-refractivity contribution in [3.63, 3.8) is 0 Å². The molecule has 2 fully saturated rings. The van der Waals surface area contributed by atoms with Gasteiger partial charge in [-0.2, -0.15) is 0 Å². The molecule has 6 unspecified atom stereocenters. The van der Waals surface area contributed by atoms with Gasteiger partial charge in [0.05, 0.1) is 18.1 Å². The number of amides is 2. The minimum atomic E-state index is -1.02. The van der Waals surface area contributed by atoms with Crippen LogP contribution in [0.25, 0.3) is 0 Å². The number of hydrogen-bond donors (Lipinski definition) is 3. The molecular formula is C28H42N2O6. The molecule has 0 aliphatic carbocycles. The summed E-state index contributed by atoms with van der Waals surface area (Å²) < 4.78 is 5.96. The molecule has 1 aromatic carbocycles. The highest BCUT2D eigenvalue weighted by Crippen LogP contribution is 2.27. The van der Waals surface area contributed by atoms with E-state index in [1.165, 1.54) is 0 Å². The third-order valence-electron chi connectivity index (χ3n) is 7.60. The number of unbranched alkanes of at least 4 members (excludes halogenated alkanes) is 1. The maximum Gasteiger partial charge on any atom is 0.329 e. The van der Waals surface area contributed by atoms with Gasteiger partial charge < -0.3 is 25.2 Å². The summed E-state index contributed by atoms with van der Waals surface area (Å²) in [5.74, 6) is -1.92. The summed E-state index contributed by atoms with van der Waals surface area (Å²) in [5, 5.41) is 23.3. The zero-order valence-corrected chi connectivity index (χ0v) is 21.8. The van der Waals surface area contributed by atoms with Gasteiger partial charge >= 0.3 is 5.97 Å². The second-order valence-electron chi connectivity index (χ2n) is 10.6. The second-order valence-corrected chi connectivity index (χ2v) is 10.6. The minimum Gasteiger partial charge on any atom is -0.460 e. The lowest BCUT2D eigenvalue weighted by Gasteiger charge is -2.34. The zero-order valence-electron chi connectivity index (χ0n) is 21.8. The van der Waals surface area contributed by atoms with Gasteiger partial charge in [-0.1, -0.05) is 57.0 Å². The van der Waals surface area contributed by atoms with E-state index in [4.69, 9.17) is 4.74 Å². The van der Waals surface area contributed by atoms with E-state index in [9.17, 15) is 24.6 Å². The molecule has 2 aliphatic heterocycles. The van der Waals surface area contributed by atoms with Crippen LogP contribution in [0.5, 0.6) is 0 Å². The maximum atomic E-state index is 13.6. The summed E-state index contributed by atoms with van der Waals surface area (Å²) in [5.41, 5.74) is 0.902. The van der Waals surface area contributed by atoms with E-state index >= 15 is 0 Å². The van der Waals surface area contributed by atoms with E-state index in [1.807, 2.05) is 37.3 Å². The van der Waals surface area contributed by atoms with Crippen molar-refractivity contribution in [2.24, 2.45) is 11.8 Å². The zero-order chi connectivity index (χ0) is 26.2. The normalized spacial score (nSPS) is 29.4. The van der Waals surface area contributed by atoms with E-state index < -0.39 is 36.2 Å². The van der Waals surface area contributed by atoms with Gasteiger partial charge in [0, 0.05) is 19.4 Å². The van der Waals surface area contributed by atoms with Crippen molar-refractivity contribution >= 4 is 17.8 Å². The van der Waals surface area contributed by atoms with Crippen molar-refractivity contribution < 1.29 is 29.3 Å². The number of hydrogen-bond acceptors (Lipinski definition) is 6. The fourth-order valence-electron chi connectivity index (χ4n) is 5.16. The number of aliphatic hydroxyl groups excluding tert-OH is 2. The van der Waals surface area contributed by atoms with Crippen LogP contribution < -0.4 is 5.32 Å². The van der Waals surface area contributed by atoms with E-state index in [0.29, 0.717) is 32.2 Å². The lowest BCUT2D eigenvalue weighted by molar-refractivity contribution is -0.163. The number of carbonyl (C=O) groups is 3. The van der Waals surface area contributed by atoms with Gasteiger partial charge in [-0.25, -0.2) is 4.79 Å². The van der Waals surface area contributed by atoms with Crippen LogP contribution in [0.3, 0.4) is 0 Å². The average Bonchev–Trinajstić information content (AvgIpc) is 3.34. The summed E-state index contributed by atoms with van der Waals surface area (Å²) >= 11 is 0. The van der Waals surface area contributed by atoms with Crippen molar-refractivity contribution in [2.75, 3.05) is 6.54 Å². The standard InChI is InChI=1S/C28H42N2O6/c1-18(10-7-8-11-19(2)31)25-17-24(32)20(3)26(33)29-22(16-21-12-5-4-6-13-21)27(34)30-15-9-14-23(30)28(35)36-25/h4-6,12-13,18-20,22-25,31-32H,7-11,14-17H2,1-3H3,(H,29,33)/t18?,19?,20?,22?,23-,24?,25?/m0/s1. The number of rotatable bonds is 8. The SMILES string of the molecule is CC(O)CCCCC(C)C1CC(O)C(C)C(=O)NC(Cc2ccccc2)C(=O)N2CCC[C@H]2C(=O)O1. The Labute approximate surface area is 214 Å². The first-order chi connectivity index (χ1) is 17.2. The van der Waals surface area contributed by atoms with Crippen molar-refractivity contribution in [1.29, 1.82) is 0 Å². The molecular weight excluding hydrogens is 460 g/mol. The van der Waals surface area contributed by atoms with Crippen molar-refractivity contribution in [3.8, 4) is 0 Å². The highest BCUT2D eigenvalue weighted by Gasteiger charge is 2.41. The molecule has 200 valence electrons. The Morgan fingerprint density at radius 3 is 2.50 bits per heavy atom. The molecule has 36 heavy (non-hydrogen) atoms. The monoisotopic (exact) mass is 502 g/mol. The molecule has 8 nitrogen and oxygen atoms in total. The molecule has 8 heteroatoms. The number of benzene rings is 1. The number of aliphatic hydroxyl groups is 2. The number of cyclic esters (lactones) is 1. The number of carbonyl (C=O) groups excluding carboxylic acids is 3. The van der Waals surface area contributed by atoms with Crippen LogP contribution in [0.15, 0.2) is 30.3 Å². The Morgan fingerprint density at radius 2 is 1.81 bits per heavy atom. The fourth-order valence-corrected chi connectivity index (χ4v) is 5.16. The molecule has 0 spiro atoms. The molecule has 3 rings (SSSR count).